The Labute approximate surface area is 179 Å². The molecule has 0 unspecified atom stereocenters. The number of ether oxygens (including phenoxy) is 1. The normalized spacial score (nSPS) is 23.7. The smallest absolute Gasteiger partial charge is 0.271 e. The summed E-state index contributed by atoms with van der Waals surface area (Å²) in [6.45, 7) is 9.32. The number of carbonyl (C=O) groups is 3. The van der Waals surface area contributed by atoms with Gasteiger partial charge in [0.2, 0.25) is 16.7 Å². The Kier molecular flexibility index (Phi) is 5.56. The van der Waals surface area contributed by atoms with Crippen molar-refractivity contribution in [3.05, 3.63) is 29.3 Å². The highest BCUT2D eigenvalue weighted by atomic mass is 32.2. The van der Waals surface area contributed by atoms with Gasteiger partial charge in [-0.1, -0.05) is 17.7 Å². The molecule has 1 aromatic carbocycles. The molecule has 0 aromatic heterocycles. The van der Waals surface area contributed by atoms with Gasteiger partial charge in [0.05, 0.1) is 32.0 Å². The number of quaternary nitrogens is 1. The lowest BCUT2D eigenvalue weighted by atomic mass is 10.0. The summed E-state index contributed by atoms with van der Waals surface area (Å²) in [5, 5.41) is 8.38. The molecule has 3 aliphatic heterocycles. The highest BCUT2D eigenvalue weighted by molar-refractivity contribution is 8.15. The van der Waals surface area contributed by atoms with Crippen molar-refractivity contribution in [2.45, 2.75) is 25.6 Å². The molecule has 4 rings (SSSR count). The van der Waals surface area contributed by atoms with Gasteiger partial charge < -0.3 is 19.9 Å². The van der Waals surface area contributed by atoms with E-state index >= 15 is 0 Å². The fourth-order valence-corrected chi connectivity index (χ4v) is 5.45. The number of amidine groups is 1. The third-order valence-corrected chi connectivity index (χ3v) is 6.79. The number of benzene rings is 1. The molecule has 0 saturated carbocycles. The molecule has 1 spiro atoms. The van der Waals surface area contributed by atoms with E-state index < -0.39 is 4.87 Å². The molecule has 1 fully saturated rings. The lowest BCUT2D eigenvalue weighted by Gasteiger charge is -2.30. The van der Waals surface area contributed by atoms with E-state index in [2.05, 4.69) is 10.4 Å². The fraction of sp³-hybridized carbons (Fsp3) is 0.500. The molecule has 0 radical (unpaired) electrons. The topological polar surface area (TPSA) is 95.8 Å². The van der Waals surface area contributed by atoms with E-state index in [4.69, 9.17) is 4.74 Å². The van der Waals surface area contributed by atoms with Crippen molar-refractivity contribution >= 4 is 40.3 Å². The lowest BCUT2D eigenvalue weighted by molar-refractivity contribution is -0.906. The van der Waals surface area contributed by atoms with Crippen LogP contribution in [-0.2, 0) is 24.0 Å². The lowest BCUT2D eigenvalue weighted by Crippen LogP contribution is -3.14. The van der Waals surface area contributed by atoms with Crippen LogP contribution in [0.1, 0.15) is 25.0 Å². The maximum Gasteiger partial charge on any atom is 0.271 e. The van der Waals surface area contributed by atoms with Crippen molar-refractivity contribution < 1.29 is 24.0 Å². The van der Waals surface area contributed by atoms with Crippen LogP contribution in [-0.4, -0.2) is 67.3 Å². The second-order valence-corrected chi connectivity index (χ2v) is 8.93. The van der Waals surface area contributed by atoms with Gasteiger partial charge in [0.1, 0.15) is 13.1 Å². The number of anilines is 1. The molecule has 30 heavy (non-hydrogen) atoms. The van der Waals surface area contributed by atoms with E-state index in [-0.39, 0.29) is 22.9 Å². The number of rotatable bonds is 3. The first kappa shape index (κ1) is 20.8. The van der Waals surface area contributed by atoms with Crippen molar-refractivity contribution in [2.24, 2.45) is 5.10 Å². The van der Waals surface area contributed by atoms with Crippen molar-refractivity contribution in [1.82, 2.24) is 10.3 Å². The summed E-state index contributed by atoms with van der Waals surface area (Å²) in [6, 6.07) is 5.83. The van der Waals surface area contributed by atoms with E-state index in [0.717, 1.165) is 61.4 Å². The molecule has 0 bridgehead atoms. The summed E-state index contributed by atoms with van der Waals surface area (Å²) in [7, 11) is 0. The van der Waals surface area contributed by atoms with Gasteiger partial charge in [-0.2, -0.15) is 5.01 Å². The quantitative estimate of drug-likeness (QED) is 0.666. The zero-order valence-corrected chi connectivity index (χ0v) is 18.2. The summed E-state index contributed by atoms with van der Waals surface area (Å²) in [6.07, 6.45) is 0. The number of amides is 3. The van der Waals surface area contributed by atoms with Gasteiger partial charge in [-0.3, -0.25) is 14.4 Å². The summed E-state index contributed by atoms with van der Waals surface area (Å²) < 4.78 is 5.42. The zero-order chi connectivity index (χ0) is 21.5. The summed E-state index contributed by atoms with van der Waals surface area (Å²) in [5.74, 6) is -0.867. The van der Waals surface area contributed by atoms with Crippen molar-refractivity contribution in [2.75, 3.05) is 44.3 Å². The largest absolute Gasteiger partial charge is 0.370 e. The first-order valence-electron chi connectivity index (χ1n) is 10.0. The number of carbonyl (C=O) groups excluding carboxylic acids is 3. The van der Waals surface area contributed by atoms with Crippen LogP contribution in [0, 0.1) is 6.92 Å². The van der Waals surface area contributed by atoms with E-state index in [0.29, 0.717) is 6.54 Å². The Morgan fingerprint density at radius 3 is 2.70 bits per heavy atom. The van der Waals surface area contributed by atoms with E-state index in [1.807, 2.05) is 25.1 Å². The van der Waals surface area contributed by atoms with E-state index in [9.17, 15) is 14.4 Å². The van der Waals surface area contributed by atoms with Gasteiger partial charge in [-0.25, -0.2) is 0 Å². The van der Waals surface area contributed by atoms with Crippen molar-refractivity contribution in [3.8, 4) is 0 Å². The van der Waals surface area contributed by atoms with E-state index in [1.54, 1.807) is 4.90 Å². The number of morpholine rings is 1. The molecule has 3 amide bonds. The van der Waals surface area contributed by atoms with Crippen LogP contribution < -0.4 is 15.1 Å². The number of fused-ring (bicyclic) bond motifs is 2. The third kappa shape index (κ3) is 3.48. The first-order chi connectivity index (χ1) is 14.3. The van der Waals surface area contributed by atoms with Gasteiger partial charge >= 0.3 is 0 Å². The fourth-order valence-electron chi connectivity index (χ4n) is 4.13. The van der Waals surface area contributed by atoms with Crippen molar-refractivity contribution in [3.63, 3.8) is 0 Å². The van der Waals surface area contributed by atoms with Gasteiger partial charge in [0.15, 0.2) is 5.17 Å². The monoisotopic (exact) mass is 432 g/mol. The molecular formula is C20H26N5O4S+. The predicted molar refractivity (Wildman–Crippen MR) is 113 cm³/mol. The Morgan fingerprint density at radius 2 is 2.03 bits per heavy atom. The predicted octanol–water partition coefficient (Wildman–Crippen LogP) is -0.588. The average molecular weight is 433 g/mol. The second-order valence-electron chi connectivity index (χ2n) is 7.75. The second kappa shape index (κ2) is 8.01. The molecule has 10 heteroatoms. The summed E-state index contributed by atoms with van der Waals surface area (Å²) in [4.78, 5) is 39.7. The molecule has 3 heterocycles. The van der Waals surface area contributed by atoms with Gasteiger partial charge in [0.25, 0.3) is 5.91 Å². The number of nitrogens with one attached hydrogen (secondary N) is 2. The zero-order valence-electron chi connectivity index (χ0n) is 17.4. The first-order valence-corrected chi connectivity index (χ1v) is 10.8. The van der Waals surface area contributed by atoms with Gasteiger partial charge in [0, 0.05) is 19.4 Å². The van der Waals surface area contributed by atoms with E-state index in [1.165, 1.54) is 23.8 Å². The maximum absolute atomic E-state index is 13.8. The van der Waals surface area contributed by atoms with Crippen LogP contribution in [0.15, 0.2) is 23.3 Å². The summed E-state index contributed by atoms with van der Waals surface area (Å²) in [5.41, 5.74) is 2.50. The molecule has 1 atom stereocenters. The number of nitrogens with zero attached hydrogens (tertiary/aromatic N) is 3. The SMILES string of the molecule is CC(=O)NC1=NN(C(C)=O)[C@@]2(S1)C(=O)N(CC[NH+]1CCOCC1)c1ccc(C)cc12. The minimum absolute atomic E-state index is 0.208. The average Bonchev–Trinajstić information content (AvgIpc) is 3.18. The Bertz CT molecular complexity index is 930. The molecule has 9 nitrogen and oxygen atoms in total. The Morgan fingerprint density at radius 1 is 1.30 bits per heavy atom. The molecule has 3 aliphatic rings. The van der Waals surface area contributed by atoms with Gasteiger partial charge in [-0.05, 0) is 24.8 Å². The van der Waals surface area contributed by atoms with Crippen LogP contribution in [0.5, 0.6) is 0 Å². The molecule has 1 saturated heterocycles. The number of aryl methyl sites for hydroxylation is 1. The highest BCUT2D eigenvalue weighted by Gasteiger charge is 2.61. The molecule has 160 valence electrons. The molecule has 2 N–H and O–H groups in total. The van der Waals surface area contributed by atoms with Crippen LogP contribution >= 0.6 is 11.8 Å². The van der Waals surface area contributed by atoms with Gasteiger partial charge in [-0.15, -0.1) is 5.10 Å². The van der Waals surface area contributed by atoms with Crippen molar-refractivity contribution in [1.29, 1.82) is 0 Å². The Hall–Kier alpha value is -2.43. The Balaban J connectivity index is 1.70. The number of hydrogen-bond acceptors (Lipinski definition) is 6. The standard InChI is InChI=1S/C20H25N5O4S/c1-13-4-5-17-16(12-13)20(25(15(3)27)22-19(30-20)21-14(2)26)18(28)24(17)7-6-23-8-10-29-11-9-23/h4-5,12H,6-11H2,1-3H3,(H,21,22,26)/p+1/t20-/m0/s1. The van der Waals surface area contributed by atoms with Crippen LogP contribution in [0.4, 0.5) is 5.69 Å². The molecular weight excluding hydrogens is 406 g/mol. The summed E-state index contributed by atoms with van der Waals surface area (Å²) >= 11 is 1.12. The minimum atomic E-state index is -1.33. The van der Waals surface area contributed by atoms with Crippen LogP contribution in [0.2, 0.25) is 0 Å². The highest BCUT2D eigenvalue weighted by Crippen LogP contribution is 2.54. The maximum atomic E-state index is 13.8. The minimum Gasteiger partial charge on any atom is -0.370 e. The van der Waals surface area contributed by atoms with Crippen LogP contribution in [0.3, 0.4) is 0 Å². The number of thioether (sulfide) groups is 1. The molecule has 0 aliphatic carbocycles. The molecule has 1 aromatic rings. The third-order valence-electron chi connectivity index (χ3n) is 5.55. The number of hydrogen-bond donors (Lipinski definition) is 2. The number of hydrazone groups is 1. The van der Waals surface area contributed by atoms with Crippen LogP contribution in [0.25, 0.3) is 0 Å².